The van der Waals surface area contributed by atoms with Gasteiger partial charge in [-0.05, 0) is 93.4 Å². The van der Waals surface area contributed by atoms with Gasteiger partial charge in [0.05, 0.1) is 6.04 Å². The molecule has 2 unspecified atom stereocenters. The summed E-state index contributed by atoms with van der Waals surface area (Å²) in [5.41, 5.74) is 19.3. The first-order chi connectivity index (χ1) is 14.0. The van der Waals surface area contributed by atoms with Crippen LogP contribution in [0.3, 0.4) is 0 Å². The van der Waals surface area contributed by atoms with Gasteiger partial charge in [-0.3, -0.25) is 0 Å². The molecule has 1 aromatic carbocycles. The number of likely N-dealkylation sites (N-methyl/N-ethyl adjacent to an activating group) is 1. The number of fused-ring (bicyclic) bond motifs is 1. The maximum atomic E-state index is 6.65. The van der Waals surface area contributed by atoms with Gasteiger partial charge in [-0.25, -0.2) is 0 Å². The predicted molar refractivity (Wildman–Crippen MR) is 124 cm³/mol. The monoisotopic (exact) mass is 386 g/mol. The topological polar surface area (TPSA) is 38.0 Å². The van der Waals surface area contributed by atoms with Gasteiger partial charge in [-0.15, -0.1) is 0 Å². The Kier molecular flexibility index (Phi) is 5.65. The molecule has 3 aliphatic carbocycles. The van der Waals surface area contributed by atoms with Crippen molar-refractivity contribution in [2.75, 3.05) is 7.05 Å². The highest BCUT2D eigenvalue weighted by molar-refractivity contribution is 5.69. The highest BCUT2D eigenvalue weighted by Crippen LogP contribution is 2.51. The molecule has 0 saturated carbocycles. The van der Waals surface area contributed by atoms with Crippen molar-refractivity contribution in [1.82, 2.24) is 5.32 Å². The molecule has 0 aliphatic heterocycles. The fraction of sp³-hybridized carbons (Fsp3) is 0.407. The summed E-state index contributed by atoms with van der Waals surface area (Å²) in [6.07, 6.45) is 10.1. The van der Waals surface area contributed by atoms with Crippen LogP contribution in [0, 0.1) is 0 Å². The lowest BCUT2D eigenvalue weighted by Crippen LogP contribution is -2.31. The number of nitrogens with two attached hydrogens (primary N) is 1. The van der Waals surface area contributed by atoms with E-state index in [0.717, 1.165) is 37.8 Å². The largest absolute Gasteiger partial charge is 0.402 e. The molecule has 2 heteroatoms. The van der Waals surface area contributed by atoms with Gasteiger partial charge in [-0.2, -0.15) is 0 Å². The van der Waals surface area contributed by atoms with Crippen molar-refractivity contribution in [3.8, 4) is 0 Å². The molecule has 0 heterocycles. The van der Waals surface area contributed by atoms with Gasteiger partial charge in [0.15, 0.2) is 0 Å². The van der Waals surface area contributed by atoms with Crippen LogP contribution in [0.1, 0.15) is 64.4 Å². The van der Waals surface area contributed by atoms with Crippen molar-refractivity contribution < 1.29 is 0 Å². The minimum atomic E-state index is 0.283. The summed E-state index contributed by atoms with van der Waals surface area (Å²) in [5.74, 6) is 0.300. The molecule has 29 heavy (non-hydrogen) atoms. The number of hydrogen-bond acceptors (Lipinski definition) is 2. The lowest BCUT2D eigenvalue weighted by atomic mass is 9.76. The summed E-state index contributed by atoms with van der Waals surface area (Å²) in [6, 6.07) is 11.4. The van der Waals surface area contributed by atoms with Gasteiger partial charge < -0.3 is 11.1 Å². The van der Waals surface area contributed by atoms with E-state index in [0.29, 0.717) is 5.92 Å². The van der Waals surface area contributed by atoms with Crippen LogP contribution in [-0.4, -0.2) is 13.1 Å². The van der Waals surface area contributed by atoms with E-state index in [2.05, 4.69) is 75.6 Å². The summed E-state index contributed by atoms with van der Waals surface area (Å²) < 4.78 is 0. The maximum absolute atomic E-state index is 6.65. The van der Waals surface area contributed by atoms with Crippen molar-refractivity contribution in [3.05, 3.63) is 92.8 Å². The van der Waals surface area contributed by atoms with E-state index in [1.807, 2.05) is 0 Å². The van der Waals surface area contributed by atoms with E-state index in [4.69, 9.17) is 5.73 Å². The van der Waals surface area contributed by atoms with E-state index in [1.165, 1.54) is 33.4 Å². The standard InChI is InChI=1S/C27H34N2/c1-17(2)20-15-10-16-23(28)18(3)24-21-13-8-9-14-22(21)27(29-4)26(24)25(20)19-11-6-5-7-12-19/h5-8,11-13,25,27,29H,9-10,14-16,28H2,1-4H3. The second-order valence-corrected chi connectivity index (χ2v) is 8.80. The fourth-order valence-corrected chi connectivity index (χ4v) is 5.49. The molecule has 2 atom stereocenters. The Labute approximate surface area is 176 Å². The normalized spacial score (nSPS) is 24.9. The third kappa shape index (κ3) is 3.44. The van der Waals surface area contributed by atoms with Crippen molar-refractivity contribution in [2.24, 2.45) is 5.73 Å². The highest BCUT2D eigenvalue weighted by atomic mass is 14.9. The van der Waals surface area contributed by atoms with E-state index < -0.39 is 0 Å². The minimum Gasteiger partial charge on any atom is -0.402 e. The zero-order chi connectivity index (χ0) is 20.5. The van der Waals surface area contributed by atoms with E-state index in [9.17, 15) is 0 Å². The predicted octanol–water partition coefficient (Wildman–Crippen LogP) is 6.07. The first-order valence-electron chi connectivity index (χ1n) is 11.0. The molecule has 0 fully saturated rings. The molecule has 3 aliphatic rings. The number of nitrogens with one attached hydrogen (secondary N) is 1. The van der Waals surface area contributed by atoms with Crippen LogP contribution in [0.15, 0.2) is 87.2 Å². The van der Waals surface area contributed by atoms with Crippen molar-refractivity contribution >= 4 is 0 Å². The molecule has 152 valence electrons. The van der Waals surface area contributed by atoms with Crippen LogP contribution in [0.2, 0.25) is 0 Å². The Balaban J connectivity index is 2.05. The Morgan fingerprint density at radius 1 is 1.07 bits per heavy atom. The van der Waals surface area contributed by atoms with E-state index >= 15 is 0 Å². The van der Waals surface area contributed by atoms with Crippen molar-refractivity contribution in [2.45, 2.75) is 64.8 Å². The number of hydrogen-bond donors (Lipinski definition) is 2. The van der Waals surface area contributed by atoms with Crippen LogP contribution >= 0.6 is 0 Å². The molecule has 0 radical (unpaired) electrons. The Morgan fingerprint density at radius 2 is 1.83 bits per heavy atom. The molecule has 0 amide bonds. The Morgan fingerprint density at radius 3 is 2.52 bits per heavy atom. The average Bonchev–Trinajstić information content (AvgIpc) is 3.07. The second-order valence-electron chi connectivity index (χ2n) is 8.80. The number of benzene rings is 1. The average molecular weight is 387 g/mol. The van der Waals surface area contributed by atoms with Crippen LogP contribution < -0.4 is 11.1 Å². The Hall–Kier alpha value is -2.32. The van der Waals surface area contributed by atoms with Crippen molar-refractivity contribution in [3.63, 3.8) is 0 Å². The molecule has 0 spiro atoms. The molecular formula is C27H34N2. The molecular weight excluding hydrogens is 352 g/mol. The van der Waals surface area contributed by atoms with Crippen molar-refractivity contribution in [1.29, 1.82) is 0 Å². The highest BCUT2D eigenvalue weighted by Gasteiger charge is 2.39. The van der Waals surface area contributed by atoms with Gasteiger partial charge >= 0.3 is 0 Å². The number of allylic oxidation sites excluding steroid dienone is 8. The summed E-state index contributed by atoms with van der Waals surface area (Å²) >= 11 is 0. The second kappa shape index (κ2) is 8.20. The molecule has 1 aromatic rings. The lowest BCUT2D eigenvalue weighted by molar-refractivity contribution is 0.639. The molecule has 0 saturated heterocycles. The Bertz CT molecular complexity index is 950. The third-order valence-corrected chi connectivity index (χ3v) is 6.90. The minimum absolute atomic E-state index is 0.283. The molecule has 3 N–H and O–H groups in total. The van der Waals surface area contributed by atoms with Gasteiger partial charge in [0, 0.05) is 11.6 Å². The lowest BCUT2D eigenvalue weighted by Gasteiger charge is -2.30. The summed E-state index contributed by atoms with van der Waals surface area (Å²) in [5, 5.41) is 3.69. The zero-order valence-electron chi connectivity index (χ0n) is 18.3. The molecule has 2 nitrogen and oxygen atoms in total. The fourth-order valence-electron chi connectivity index (χ4n) is 5.49. The maximum Gasteiger partial charge on any atom is 0.0520 e. The van der Waals surface area contributed by atoms with E-state index in [-0.39, 0.29) is 6.04 Å². The van der Waals surface area contributed by atoms with Gasteiger partial charge in [-0.1, -0.05) is 53.6 Å². The summed E-state index contributed by atoms with van der Waals surface area (Å²) in [6.45, 7) is 6.80. The van der Waals surface area contributed by atoms with Gasteiger partial charge in [0.25, 0.3) is 0 Å². The quantitative estimate of drug-likeness (QED) is 0.606. The smallest absolute Gasteiger partial charge is 0.0520 e. The number of rotatable bonds is 2. The summed E-state index contributed by atoms with van der Waals surface area (Å²) in [7, 11) is 2.11. The summed E-state index contributed by atoms with van der Waals surface area (Å²) in [4.78, 5) is 0. The third-order valence-electron chi connectivity index (χ3n) is 6.90. The zero-order valence-corrected chi connectivity index (χ0v) is 18.3. The van der Waals surface area contributed by atoms with Gasteiger partial charge in [0.2, 0.25) is 0 Å². The van der Waals surface area contributed by atoms with Crippen LogP contribution in [0.5, 0.6) is 0 Å². The molecule has 0 bridgehead atoms. The van der Waals surface area contributed by atoms with Crippen LogP contribution in [-0.2, 0) is 0 Å². The van der Waals surface area contributed by atoms with Crippen LogP contribution in [0.25, 0.3) is 0 Å². The first kappa shape index (κ1) is 20.0. The molecule has 0 aromatic heterocycles. The van der Waals surface area contributed by atoms with Crippen LogP contribution in [0.4, 0.5) is 0 Å². The van der Waals surface area contributed by atoms with E-state index in [1.54, 1.807) is 11.1 Å². The first-order valence-corrected chi connectivity index (χ1v) is 11.0. The molecule has 4 rings (SSSR count). The SMILES string of the molecule is CNC1C2=C(C=CCC2)C2=C1C(c1ccccc1)C(=C(C)C)CCCC(N)=C2C. The van der Waals surface area contributed by atoms with Gasteiger partial charge in [0.1, 0.15) is 0 Å².